The number of anilines is 2. The van der Waals surface area contributed by atoms with E-state index in [9.17, 15) is 0 Å². The van der Waals surface area contributed by atoms with Gasteiger partial charge in [-0.15, -0.1) is 0 Å². The van der Waals surface area contributed by atoms with Crippen LogP contribution in [-0.4, -0.2) is 6.04 Å². The molecule has 0 heterocycles. The summed E-state index contributed by atoms with van der Waals surface area (Å²) in [5.74, 6) is 0. The monoisotopic (exact) mass is 403 g/mol. The molecule has 0 N–H and O–H groups in total. The summed E-state index contributed by atoms with van der Waals surface area (Å²) in [4.78, 5) is 2.38. The van der Waals surface area contributed by atoms with Crippen LogP contribution in [0, 0.1) is 0 Å². The van der Waals surface area contributed by atoms with Crippen molar-refractivity contribution >= 4 is 11.4 Å². The van der Waals surface area contributed by atoms with Gasteiger partial charge >= 0.3 is 0 Å². The van der Waals surface area contributed by atoms with Crippen LogP contribution in [0.15, 0.2) is 97.1 Å². The summed E-state index contributed by atoms with van der Waals surface area (Å²) in [5.41, 5.74) is 10.6. The number of fused-ring (bicyclic) bond motifs is 3. The first kappa shape index (κ1) is 19.6. The van der Waals surface area contributed by atoms with E-state index in [2.05, 4.69) is 130 Å². The first-order valence-corrected chi connectivity index (χ1v) is 11.2. The van der Waals surface area contributed by atoms with Crippen molar-refractivity contribution in [3.8, 4) is 22.3 Å². The van der Waals surface area contributed by atoms with E-state index < -0.39 is 0 Å². The van der Waals surface area contributed by atoms with Crippen molar-refractivity contribution in [3.05, 3.63) is 108 Å². The van der Waals surface area contributed by atoms with Crippen LogP contribution < -0.4 is 4.90 Å². The van der Waals surface area contributed by atoms with Crippen molar-refractivity contribution < 1.29 is 0 Å². The Morgan fingerprint density at radius 2 is 1.16 bits per heavy atom. The third-order valence-corrected chi connectivity index (χ3v) is 6.61. The summed E-state index contributed by atoms with van der Waals surface area (Å²) in [6.07, 6.45) is 0. The number of hydrogen-bond donors (Lipinski definition) is 0. The normalized spacial score (nSPS) is 13.7. The quantitative estimate of drug-likeness (QED) is 0.332. The Hall–Kier alpha value is -3.32. The van der Waals surface area contributed by atoms with Gasteiger partial charge in [0, 0.05) is 22.8 Å². The van der Waals surface area contributed by atoms with Gasteiger partial charge in [-0.1, -0.05) is 80.6 Å². The molecule has 154 valence electrons. The SMILES string of the molecule is CC(C)N(c1ccccc1)c1ccc(-c2ccc3c(c2)C(C)(C)c2ccccc2-3)cc1. The molecule has 5 rings (SSSR count). The summed E-state index contributed by atoms with van der Waals surface area (Å²) in [5, 5.41) is 0. The number of benzene rings is 4. The fraction of sp³-hybridized carbons (Fsp3) is 0.200. The highest BCUT2D eigenvalue weighted by molar-refractivity contribution is 5.83. The molecule has 4 aromatic rings. The predicted octanol–water partition coefficient (Wildman–Crippen LogP) is 8.21. The van der Waals surface area contributed by atoms with E-state index in [0.29, 0.717) is 6.04 Å². The molecule has 0 unspecified atom stereocenters. The van der Waals surface area contributed by atoms with E-state index in [4.69, 9.17) is 0 Å². The molecule has 1 heteroatoms. The topological polar surface area (TPSA) is 3.24 Å². The highest BCUT2D eigenvalue weighted by Gasteiger charge is 2.35. The van der Waals surface area contributed by atoms with Gasteiger partial charge in [0.25, 0.3) is 0 Å². The smallest absolute Gasteiger partial charge is 0.0413 e. The third-order valence-electron chi connectivity index (χ3n) is 6.61. The standard InChI is InChI=1S/C30H29N/c1-21(2)31(24-10-6-5-7-11-24)25-17-14-22(15-18-25)23-16-19-27-26-12-8-9-13-28(26)30(3,4)29(27)20-23/h5-21H,1-4H3. The van der Waals surface area contributed by atoms with Crippen LogP contribution >= 0.6 is 0 Å². The first-order chi connectivity index (χ1) is 15.0. The highest BCUT2D eigenvalue weighted by atomic mass is 15.2. The minimum Gasteiger partial charge on any atom is -0.339 e. The summed E-state index contributed by atoms with van der Waals surface area (Å²) in [7, 11) is 0. The molecule has 0 saturated carbocycles. The Kier molecular flexibility index (Phi) is 4.70. The molecular weight excluding hydrogens is 374 g/mol. The Balaban J connectivity index is 1.51. The molecular formula is C30H29N. The molecule has 0 aromatic heterocycles. The van der Waals surface area contributed by atoms with Crippen molar-refractivity contribution in [1.29, 1.82) is 0 Å². The van der Waals surface area contributed by atoms with Crippen LogP contribution in [0.2, 0.25) is 0 Å². The molecule has 4 aromatic carbocycles. The van der Waals surface area contributed by atoms with E-state index in [1.165, 1.54) is 44.8 Å². The molecule has 0 radical (unpaired) electrons. The summed E-state index contributed by atoms with van der Waals surface area (Å²) >= 11 is 0. The highest BCUT2D eigenvalue weighted by Crippen LogP contribution is 2.49. The van der Waals surface area contributed by atoms with Crippen molar-refractivity contribution in [2.24, 2.45) is 0 Å². The van der Waals surface area contributed by atoms with Crippen molar-refractivity contribution in [3.63, 3.8) is 0 Å². The van der Waals surface area contributed by atoms with E-state index >= 15 is 0 Å². The average Bonchev–Trinajstić information content (AvgIpc) is 3.02. The fourth-order valence-electron chi connectivity index (χ4n) is 5.03. The molecule has 1 aliphatic rings. The maximum absolute atomic E-state index is 2.39. The molecule has 0 spiro atoms. The zero-order valence-electron chi connectivity index (χ0n) is 18.8. The second-order valence-electron chi connectivity index (χ2n) is 9.28. The zero-order chi connectivity index (χ0) is 21.6. The maximum atomic E-state index is 2.39. The van der Waals surface area contributed by atoms with Crippen LogP contribution in [0.3, 0.4) is 0 Å². The number of rotatable bonds is 4. The van der Waals surface area contributed by atoms with Crippen LogP contribution in [0.5, 0.6) is 0 Å². The summed E-state index contributed by atoms with van der Waals surface area (Å²) < 4.78 is 0. The zero-order valence-corrected chi connectivity index (χ0v) is 18.8. The van der Waals surface area contributed by atoms with Crippen molar-refractivity contribution in [2.45, 2.75) is 39.2 Å². The molecule has 0 aliphatic heterocycles. The van der Waals surface area contributed by atoms with Gasteiger partial charge in [-0.2, -0.15) is 0 Å². The molecule has 0 saturated heterocycles. The molecule has 0 atom stereocenters. The lowest BCUT2D eigenvalue weighted by atomic mass is 9.81. The average molecular weight is 404 g/mol. The van der Waals surface area contributed by atoms with Crippen LogP contribution in [0.4, 0.5) is 11.4 Å². The Labute approximate surface area is 186 Å². The van der Waals surface area contributed by atoms with E-state index in [1.54, 1.807) is 0 Å². The predicted molar refractivity (Wildman–Crippen MR) is 133 cm³/mol. The molecule has 1 nitrogen and oxygen atoms in total. The molecule has 31 heavy (non-hydrogen) atoms. The fourth-order valence-corrected chi connectivity index (χ4v) is 5.03. The van der Waals surface area contributed by atoms with Gasteiger partial charge < -0.3 is 4.90 Å². The number of nitrogens with zero attached hydrogens (tertiary/aromatic N) is 1. The van der Waals surface area contributed by atoms with Gasteiger partial charge in [0.05, 0.1) is 0 Å². The molecule has 0 bridgehead atoms. The summed E-state index contributed by atoms with van der Waals surface area (Å²) in [6.45, 7) is 9.15. The third kappa shape index (κ3) is 3.25. The van der Waals surface area contributed by atoms with Gasteiger partial charge in [0.1, 0.15) is 0 Å². The summed E-state index contributed by atoms with van der Waals surface area (Å²) in [6, 6.07) is 35.8. The number of para-hydroxylation sites is 1. The molecule has 0 amide bonds. The van der Waals surface area contributed by atoms with Gasteiger partial charge in [-0.05, 0) is 77.6 Å². The van der Waals surface area contributed by atoms with Crippen LogP contribution in [-0.2, 0) is 5.41 Å². The van der Waals surface area contributed by atoms with Crippen molar-refractivity contribution in [1.82, 2.24) is 0 Å². The van der Waals surface area contributed by atoms with Crippen LogP contribution in [0.25, 0.3) is 22.3 Å². The lowest BCUT2D eigenvalue weighted by molar-refractivity contribution is 0.660. The second kappa shape index (κ2) is 7.42. The van der Waals surface area contributed by atoms with Gasteiger partial charge in [-0.25, -0.2) is 0 Å². The lowest BCUT2D eigenvalue weighted by Crippen LogP contribution is -2.25. The largest absolute Gasteiger partial charge is 0.339 e. The van der Waals surface area contributed by atoms with E-state index in [0.717, 1.165) is 0 Å². The van der Waals surface area contributed by atoms with Crippen LogP contribution in [0.1, 0.15) is 38.8 Å². The number of hydrogen-bond acceptors (Lipinski definition) is 1. The molecule has 0 fully saturated rings. The Morgan fingerprint density at radius 3 is 1.87 bits per heavy atom. The maximum Gasteiger partial charge on any atom is 0.0413 e. The van der Waals surface area contributed by atoms with Gasteiger partial charge in [-0.3, -0.25) is 0 Å². The van der Waals surface area contributed by atoms with Crippen molar-refractivity contribution in [2.75, 3.05) is 4.90 Å². The minimum absolute atomic E-state index is 0.0314. The molecule has 1 aliphatic carbocycles. The van der Waals surface area contributed by atoms with E-state index in [1.807, 2.05) is 0 Å². The minimum atomic E-state index is 0.0314. The Morgan fingerprint density at radius 1 is 0.581 bits per heavy atom. The first-order valence-electron chi connectivity index (χ1n) is 11.2. The second-order valence-corrected chi connectivity index (χ2v) is 9.28. The lowest BCUT2D eigenvalue weighted by Gasteiger charge is -2.29. The van der Waals surface area contributed by atoms with Gasteiger partial charge in [0.2, 0.25) is 0 Å². The van der Waals surface area contributed by atoms with Gasteiger partial charge in [0.15, 0.2) is 0 Å². The van der Waals surface area contributed by atoms with E-state index in [-0.39, 0.29) is 5.41 Å². The Bertz CT molecular complexity index is 1220.